The molecule has 196 valence electrons. The van der Waals surface area contributed by atoms with Crippen molar-refractivity contribution in [3.05, 3.63) is 106 Å². The Kier molecular flexibility index (Phi) is 9.54. The molecular weight excluding hydrogens is 490 g/mol. The molecule has 0 fully saturated rings. The monoisotopic (exact) mass is 517 g/mol. The van der Waals surface area contributed by atoms with E-state index >= 15 is 0 Å². The lowest BCUT2D eigenvalue weighted by Crippen LogP contribution is -2.31. The average Bonchev–Trinajstić information content (AvgIpc) is 2.87. The average molecular weight is 518 g/mol. The third-order valence-corrected chi connectivity index (χ3v) is 6.20. The molecule has 0 heterocycles. The Bertz CT molecular complexity index is 1200. The van der Waals surface area contributed by atoms with Crippen molar-refractivity contribution in [1.82, 2.24) is 5.48 Å². The summed E-state index contributed by atoms with van der Waals surface area (Å²) in [4.78, 5) is 23.6. The molecule has 0 aliphatic heterocycles. The van der Waals surface area contributed by atoms with Crippen molar-refractivity contribution in [2.24, 2.45) is 0 Å². The first-order valence-corrected chi connectivity index (χ1v) is 11.9. The second kappa shape index (κ2) is 12.6. The number of Topliss-reactive ketones (excluding diaryl/α,β-unsaturated/α-hetero) is 1. The fourth-order valence-corrected chi connectivity index (χ4v) is 4.22. The van der Waals surface area contributed by atoms with Crippen LogP contribution >= 0.6 is 0 Å². The van der Waals surface area contributed by atoms with Crippen LogP contribution < -0.4 is 5.48 Å². The number of rotatable bonds is 12. The summed E-state index contributed by atoms with van der Waals surface area (Å²) < 4.78 is 56.6. The number of nitrogens with one attached hydrogen (secondary N) is 1. The quantitative estimate of drug-likeness (QED) is 0.0693. The van der Waals surface area contributed by atoms with E-state index in [1.807, 2.05) is 0 Å². The fraction of sp³-hybridized carbons (Fsp3) is 0.286. The number of benzene rings is 3. The summed E-state index contributed by atoms with van der Waals surface area (Å²) in [6, 6.07) is 10.5. The highest BCUT2D eigenvalue weighted by molar-refractivity contribution is 5.96. The van der Waals surface area contributed by atoms with Gasteiger partial charge in [0, 0.05) is 41.7 Å². The molecule has 0 saturated heterocycles. The highest BCUT2D eigenvalue weighted by Crippen LogP contribution is 2.39. The summed E-state index contributed by atoms with van der Waals surface area (Å²) in [5, 5.41) is 20.1. The molecule has 0 radical (unpaired) electrons. The van der Waals surface area contributed by atoms with E-state index in [0.29, 0.717) is 30.5 Å². The summed E-state index contributed by atoms with van der Waals surface area (Å²) in [5.74, 6) is -4.61. The molecule has 0 spiro atoms. The van der Waals surface area contributed by atoms with Gasteiger partial charge in [0.25, 0.3) is 0 Å². The first-order valence-electron chi connectivity index (χ1n) is 11.9. The van der Waals surface area contributed by atoms with E-state index in [1.54, 1.807) is 5.48 Å². The number of carbonyl (C=O) groups is 2. The summed E-state index contributed by atoms with van der Waals surface area (Å²) >= 11 is 0. The number of hydroxylamine groups is 1. The largest absolute Gasteiger partial charge is 0.376 e. The van der Waals surface area contributed by atoms with Crippen molar-refractivity contribution >= 4 is 11.7 Å². The van der Waals surface area contributed by atoms with Gasteiger partial charge in [-0.2, -0.15) is 0 Å². The Morgan fingerprint density at radius 2 is 1.19 bits per heavy atom. The van der Waals surface area contributed by atoms with Crippen molar-refractivity contribution in [2.75, 3.05) is 0 Å². The zero-order valence-corrected chi connectivity index (χ0v) is 19.9. The van der Waals surface area contributed by atoms with E-state index in [4.69, 9.17) is 5.21 Å². The maximum atomic E-state index is 14.8. The molecule has 0 aliphatic carbocycles. The minimum absolute atomic E-state index is 0.00647. The van der Waals surface area contributed by atoms with E-state index < -0.39 is 45.9 Å². The first kappa shape index (κ1) is 28.0. The SMILES string of the molecule is O=C(CCCCCCCC(=O)c1ccc(C(O)(c2ccc(F)cc2F)c2ccc(F)cc2F)cc1)NO. The molecule has 9 heteroatoms. The van der Waals surface area contributed by atoms with Crippen LogP contribution in [0.4, 0.5) is 17.6 Å². The number of hydrogen-bond acceptors (Lipinski definition) is 4. The van der Waals surface area contributed by atoms with E-state index in [9.17, 15) is 32.3 Å². The van der Waals surface area contributed by atoms with E-state index in [0.717, 1.165) is 43.5 Å². The van der Waals surface area contributed by atoms with Gasteiger partial charge in [0.2, 0.25) is 5.91 Å². The van der Waals surface area contributed by atoms with E-state index in [-0.39, 0.29) is 24.2 Å². The Labute approximate surface area is 211 Å². The van der Waals surface area contributed by atoms with Crippen LogP contribution in [0.5, 0.6) is 0 Å². The third-order valence-electron chi connectivity index (χ3n) is 6.20. The topological polar surface area (TPSA) is 86.6 Å². The predicted molar refractivity (Wildman–Crippen MR) is 128 cm³/mol. The van der Waals surface area contributed by atoms with Gasteiger partial charge in [0.15, 0.2) is 5.78 Å². The zero-order chi connectivity index (χ0) is 27.0. The summed E-state index contributed by atoms with van der Waals surface area (Å²) in [5.41, 5.74) is -1.38. The van der Waals surface area contributed by atoms with Crippen LogP contribution in [0.2, 0.25) is 0 Å². The van der Waals surface area contributed by atoms with Gasteiger partial charge in [-0.3, -0.25) is 14.8 Å². The highest BCUT2D eigenvalue weighted by atomic mass is 19.1. The Balaban J connectivity index is 1.76. The van der Waals surface area contributed by atoms with Crippen LogP contribution in [0.15, 0.2) is 60.7 Å². The highest BCUT2D eigenvalue weighted by Gasteiger charge is 2.39. The molecule has 0 aromatic heterocycles. The second-order valence-corrected chi connectivity index (χ2v) is 8.76. The number of ketones is 1. The minimum Gasteiger partial charge on any atom is -0.376 e. The molecule has 3 rings (SSSR count). The number of unbranched alkanes of at least 4 members (excludes halogenated alkanes) is 4. The van der Waals surface area contributed by atoms with Crippen LogP contribution in [-0.2, 0) is 10.4 Å². The molecule has 0 saturated carbocycles. The summed E-state index contributed by atoms with van der Waals surface area (Å²) in [7, 11) is 0. The lowest BCUT2D eigenvalue weighted by molar-refractivity contribution is -0.129. The van der Waals surface area contributed by atoms with Crippen molar-refractivity contribution in [2.45, 2.75) is 50.5 Å². The molecule has 0 unspecified atom stereocenters. The Morgan fingerprint density at radius 1 is 0.703 bits per heavy atom. The van der Waals surface area contributed by atoms with E-state index in [2.05, 4.69) is 0 Å². The first-order chi connectivity index (χ1) is 17.7. The molecule has 0 bridgehead atoms. The van der Waals surface area contributed by atoms with E-state index in [1.165, 1.54) is 24.3 Å². The Hall–Kier alpha value is -3.56. The van der Waals surface area contributed by atoms with Crippen LogP contribution in [0.25, 0.3) is 0 Å². The van der Waals surface area contributed by atoms with Gasteiger partial charge in [0.05, 0.1) is 0 Å². The molecule has 3 aromatic carbocycles. The molecule has 0 aliphatic rings. The molecule has 3 N–H and O–H groups in total. The molecule has 5 nitrogen and oxygen atoms in total. The third kappa shape index (κ3) is 6.81. The number of carbonyl (C=O) groups excluding carboxylic acids is 2. The van der Waals surface area contributed by atoms with Crippen molar-refractivity contribution in [1.29, 1.82) is 0 Å². The van der Waals surface area contributed by atoms with Gasteiger partial charge in [-0.25, -0.2) is 23.0 Å². The molecule has 37 heavy (non-hydrogen) atoms. The van der Waals surface area contributed by atoms with Crippen LogP contribution in [0.1, 0.15) is 72.0 Å². The fourth-order valence-electron chi connectivity index (χ4n) is 4.22. The van der Waals surface area contributed by atoms with Gasteiger partial charge >= 0.3 is 0 Å². The lowest BCUT2D eigenvalue weighted by atomic mass is 9.79. The number of amides is 1. The number of halogens is 4. The maximum absolute atomic E-state index is 14.8. The number of aliphatic hydroxyl groups is 1. The van der Waals surface area contributed by atoms with Gasteiger partial charge in [-0.15, -0.1) is 0 Å². The lowest BCUT2D eigenvalue weighted by Gasteiger charge is -2.31. The standard InChI is InChI=1S/C28H27F4NO4/c29-20-12-14-22(24(31)16-20)28(36,23-15-13-21(30)17-25(23)32)19-10-8-18(9-11-19)26(34)6-4-2-1-3-5-7-27(35)33-37/h8-17,36-37H,1-7H2,(H,33,35). The van der Waals surface area contributed by atoms with Gasteiger partial charge in [-0.05, 0) is 42.7 Å². The van der Waals surface area contributed by atoms with Crippen molar-refractivity contribution in [3.8, 4) is 0 Å². The zero-order valence-electron chi connectivity index (χ0n) is 19.9. The van der Waals surface area contributed by atoms with Gasteiger partial charge in [0.1, 0.15) is 28.9 Å². The van der Waals surface area contributed by atoms with Crippen LogP contribution in [0.3, 0.4) is 0 Å². The molecule has 0 atom stereocenters. The van der Waals surface area contributed by atoms with Gasteiger partial charge in [-0.1, -0.05) is 43.5 Å². The van der Waals surface area contributed by atoms with Crippen molar-refractivity contribution < 1.29 is 37.5 Å². The molecule has 1 amide bonds. The van der Waals surface area contributed by atoms with Crippen LogP contribution in [0, 0.1) is 23.3 Å². The molecular formula is C28H27F4NO4. The minimum atomic E-state index is -2.43. The van der Waals surface area contributed by atoms with Crippen LogP contribution in [-0.4, -0.2) is 22.0 Å². The van der Waals surface area contributed by atoms with Gasteiger partial charge < -0.3 is 5.11 Å². The maximum Gasteiger partial charge on any atom is 0.243 e. The number of hydrogen-bond donors (Lipinski definition) is 3. The van der Waals surface area contributed by atoms with Crippen molar-refractivity contribution in [3.63, 3.8) is 0 Å². The summed E-state index contributed by atoms with van der Waals surface area (Å²) in [6.07, 6.45) is 4.14. The predicted octanol–water partition coefficient (Wildman–Crippen LogP) is 5.95. The normalized spacial score (nSPS) is 11.4. The second-order valence-electron chi connectivity index (χ2n) is 8.76. The Morgan fingerprint density at radius 3 is 1.68 bits per heavy atom. The smallest absolute Gasteiger partial charge is 0.243 e. The molecule has 3 aromatic rings. The summed E-state index contributed by atoms with van der Waals surface area (Å²) in [6.45, 7) is 0.